The van der Waals surface area contributed by atoms with Crippen LogP contribution < -0.4 is 0 Å². The monoisotopic (exact) mass is 276 g/mol. The number of hydrogen-bond donors (Lipinski definition) is 1. The smallest absolute Gasteiger partial charge is 0.178 e. The molecule has 2 aliphatic rings. The van der Waals surface area contributed by atoms with E-state index in [4.69, 9.17) is 0 Å². The van der Waals surface area contributed by atoms with Gasteiger partial charge in [0.2, 0.25) is 0 Å². The van der Waals surface area contributed by atoms with Gasteiger partial charge in [-0.3, -0.25) is 9.69 Å². The fraction of sp³-hybridized carbons (Fsp3) is 0.688. The van der Waals surface area contributed by atoms with Crippen LogP contribution in [0, 0.1) is 13.8 Å². The second-order valence-electron chi connectivity index (χ2n) is 6.45. The highest BCUT2D eigenvalue weighted by atomic mass is 16.3. The zero-order chi connectivity index (χ0) is 14.4. The van der Waals surface area contributed by atoms with Gasteiger partial charge in [-0.2, -0.15) is 0 Å². The summed E-state index contributed by atoms with van der Waals surface area (Å²) < 4.78 is 2.07. The van der Waals surface area contributed by atoms with E-state index in [1.54, 1.807) is 0 Å². The molecule has 1 aromatic heterocycles. The van der Waals surface area contributed by atoms with Gasteiger partial charge in [-0.1, -0.05) is 0 Å². The number of ketones is 1. The number of aromatic nitrogens is 1. The third-order valence-electron chi connectivity index (χ3n) is 5.26. The van der Waals surface area contributed by atoms with Crippen molar-refractivity contribution < 1.29 is 9.90 Å². The quantitative estimate of drug-likeness (QED) is 0.857. The van der Waals surface area contributed by atoms with Crippen LogP contribution in [0.5, 0.6) is 0 Å². The van der Waals surface area contributed by atoms with Crippen molar-refractivity contribution in [3.63, 3.8) is 0 Å². The molecule has 2 atom stereocenters. The van der Waals surface area contributed by atoms with Gasteiger partial charge in [0.15, 0.2) is 5.78 Å². The van der Waals surface area contributed by atoms with E-state index in [1.807, 2.05) is 27.0 Å². The normalized spacial score (nSPS) is 29.9. The minimum atomic E-state index is -0.167. The predicted octanol–water partition coefficient (Wildman–Crippen LogP) is 1.81. The number of fused-ring (bicyclic) bond motifs is 2. The Hall–Kier alpha value is -1.13. The van der Waals surface area contributed by atoms with Gasteiger partial charge in [0, 0.05) is 36.1 Å². The molecule has 0 aromatic carbocycles. The van der Waals surface area contributed by atoms with Gasteiger partial charge in [-0.15, -0.1) is 0 Å². The lowest BCUT2D eigenvalue weighted by Gasteiger charge is -2.36. The lowest BCUT2D eigenvalue weighted by atomic mass is 9.99. The number of hydrogen-bond acceptors (Lipinski definition) is 3. The van der Waals surface area contributed by atoms with E-state index in [1.165, 1.54) is 0 Å². The van der Waals surface area contributed by atoms with Crippen LogP contribution >= 0.6 is 0 Å². The summed E-state index contributed by atoms with van der Waals surface area (Å²) in [5, 5.41) is 9.83. The molecular formula is C16H24N2O2. The molecule has 0 radical (unpaired) electrons. The van der Waals surface area contributed by atoms with E-state index in [2.05, 4.69) is 9.47 Å². The van der Waals surface area contributed by atoms with Gasteiger partial charge >= 0.3 is 0 Å². The zero-order valence-corrected chi connectivity index (χ0v) is 12.6. The Labute approximate surface area is 120 Å². The van der Waals surface area contributed by atoms with E-state index in [-0.39, 0.29) is 11.9 Å². The van der Waals surface area contributed by atoms with E-state index in [0.717, 1.165) is 42.6 Å². The number of aliphatic hydroxyl groups is 1. The molecule has 1 N–H and O–H groups in total. The standard InChI is InChI=1S/C16H24N2O2/c1-10-6-15(11(2)17(10)3)16(20)9-18-12-4-5-13(18)8-14(19)7-12/h6,12-14,19H,4-5,7-9H2,1-3H3. The Morgan fingerprint density at radius 3 is 2.40 bits per heavy atom. The van der Waals surface area contributed by atoms with E-state index in [9.17, 15) is 9.90 Å². The summed E-state index contributed by atoms with van der Waals surface area (Å²) in [4.78, 5) is 14.9. The van der Waals surface area contributed by atoms with Crippen molar-refractivity contribution in [1.82, 2.24) is 9.47 Å². The number of rotatable bonds is 3. The lowest BCUT2D eigenvalue weighted by Crippen LogP contribution is -2.46. The lowest BCUT2D eigenvalue weighted by molar-refractivity contribution is 0.0344. The van der Waals surface area contributed by atoms with Crippen molar-refractivity contribution in [3.8, 4) is 0 Å². The second-order valence-corrected chi connectivity index (χ2v) is 6.45. The fourth-order valence-corrected chi connectivity index (χ4v) is 3.89. The molecule has 2 bridgehead atoms. The summed E-state index contributed by atoms with van der Waals surface area (Å²) in [6.07, 6.45) is 3.75. The Bertz CT molecular complexity index is 521. The summed E-state index contributed by atoms with van der Waals surface area (Å²) in [7, 11) is 2.00. The molecule has 0 aliphatic carbocycles. The van der Waals surface area contributed by atoms with Crippen LogP contribution in [-0.4, -0.2) is 45.1 Å². The first-order valence-electron chi connectivity index (χ1n) is 7.57. The number of aryl methyl sites for hydroxylation is 1. The minimum absolute atomic E-state index is 0.167. The highest BCUT2D eigenvalue weighted by Gasteiger charge is 2.40. The molecule has 0 spiro atoms. The van der Waals surface area contributed by atoms with Crippen LogP contribution in [0.15, 0.2) is 6.07 Å². The molecule has 4 heteroatoms. The molecule has 4 nitrogen and oxygen atoms in total. The van der Waals surface area contributed by atoms with Crippen molar-refractivity contribution in [2.75, 3.05) is 6.54 Å². The summed E-state index contributed by atoms with van der Waals surface area (Å²) in [5.41, 5.74) is 3.04. The number of carbonyl (C=O) groups is 1. The summed E-state index contributed by atoms with van der Waals surface area (Å²) >= 11 is 0. The molecule has 110 valence electrons. The summed E-state index contributed by atoms with van der Waals surface area (Å²) in [6.45, 7) is 4.55. The first kappa shape index (κ1) is 13.8. The Morgan fingerprint density at radius 2 is 1.90 bits per heavy atom. The highest BCUT2D eigenvalue weighted by Crippen LogP contribution is 2.35. The van der Waals surface area contributed by atoms with Crippen molar-refractivity contribution >= 4 is 5.78 Å². The molecule has 3 rings (SSSR count). The second kappa shape index (κ2) is 5.01. The highest BCUT2D eigenvalue weighted by molar-refractivity contribution is 5.99. The van der Waals surface area contributed by atoms with E-state index >= 15 is 0 Å². The van der Waals surface area contributed by atoms with E-state index in [0.29, 0.717) is 18.6 Å². The zero-order valence-electron chi connectivity index (χ0n) is 12.6. The first-order valence-corrected chi connectivity index (χ1v) is 7.57. The van der Waals surface area contributed by atoms with Gasteiger partial charge in [-0.25, -0.2) is 0 Å². The van der Waals surface area contributed by atoms with Gasteiger partial charge in [-0.05, 0) is 45.6 Å². The van der Waals surface area contributed by atoms with Crippen molar-refractivity contribution in [2.24, 2.45) is 7.05 Å². The van der Waals surface area contributed by atoms with Crippen LogP contribution in [0.4, 0.5) is 0 Å². The van der Waals surface area contributed by atoms with Gasteiger partial charge in [0.05, 0.1) is 12.6 Å². The van der Waals surface area contributed by atoms with Gasteiger partial charge < -0.3 is 9.67 Å². The van der Waals surface area contributed by atoms with Crippen LogP contribution in [0.2, 0.25) is 0 Å². The Balaban J connectivity index is 1.75. The Kier molecular flexibility index (Phi) is 3.46. The molecule has 2 fully saturated rings. The molecule has 0 amide bonds. The Morgan fingerprint density at radius 1 is 1.30 bits per heavy atom. The predicted molar refractivity (Wildman–Crippen MR) is 78.0 cm³/mol. The molecule has 2 unspecified atom stereocenters. The maximum absolute atomic E-state index is 12.6. The minimum Gasteiger partial charge on any atom is -0.393 e. The number of nitrogens with zero attached hydrogens (tertiary/aromatic N) is 2. The summed E-state index contributed by atoms with van der Waals surface area (Å²) in [6, 6.07) is 2.80. The van der Waals surface area contributed by atoms with Crippen molar-refractivity contribution in [3.05, 3.63) is 23.0 Å². The average molecular weight is 276 g/mol. The maximum atomic E-state index is 12.6. The first-order chi connectivity index (χ1) is 9.47. The fourth-order valence-electron chi connectivity index (χ4n) is 3.89. The van der Waals surface area contributed by atoms with Crippen molar-refractivity contribution in [1.29, 1.82) is 0 Å². The molecule has 20 heavy (non-hydrogen) atoms. The average Bonchev–Trinajstić information content (AvgIpc) is 2.79. The molecular weight excluding hydrogens is 252 g/mol. The topological polar surface area (TPSA) is 45.5 Å². The van der Waals surface area contributed by atoms with Crippen LogP contribution in [0.1, 0.15) is 47.4 Å². The number of carbonyl (C=O) groups excluding carboxylic acids is 1. The maximum Gasteiger partial charge on any atom is 0.178 e. The van der Waals surface area contributed by atoms with Crippen LogP contribution in [0.25, 0.3) is 0 Å². The van der Waals surface area contributed by atoms with Crippen LogP contribution in [0.3, 0.4) is 0 Å². The third kappa shape index (κ3) is 2.21. The number of piperidine rings is 1. The van der Waals surface area contributed by atoms with Crippen molar-refractivity contribution in [2.45, 2.75) is 57.7 Å². The number of Topliss-reactive ketones (excluding diaryl/α,β-unsaturated/α-hetero) is 1. The molecule has 2 saturated heterocycles. The SMILES string of the molecule is Cc1cc(C(=O)CN2C3CCC2CC(O)C3)c(C)n1C. The summed E-state index contributed by atoms with van der Waals surface area (Å²) in [5.74, 6) is 0.222. The number of aliphatic hydroxyl groups excluding tert-OH is 1. The molecule has 1 aromatic rings. The molecule has 2 aliphatic heterocycles. The van der Waals surface area contributed by atoms with E-state index < -0.39 is 0 Å². The molecule has 3 heterocycles. The molecule has 0 saturated carbocycles. The largest absolute Gasteiger partial charge is 0.393 e. The van der Waals surface area contributed by atoms with Gasteiger partial charge in [0.1, 0.15) is 0 Å². The third-order valence-corrected chi connectivity index (χ3v) is 5.26. The van der Waals surface area contributed by atoms with Gasteiger partial charge in [0.25, 0.3) is 0 Å². The van der Waals surface area contributed by atoms with Crippen LogP contribution in [-0.2, 0) is 7.05 Å².